The molecule has 1 aromatic rings. The third-order valence-electron chi connectivity index (χ3n) is 3.49. The van der Waals surface area contributed by atoms with Crippen molar-refractivity contribution >= 4 is 29.1 Å². The van der Waals surface area contributed by atoms with Gasteiger partial charge in [0.25, 0.3) is 0 Å². The van der Waals surface area contributed by atoms with Crippen LogP contribution >= 0.6 is 11.6 Å². The summed E-state index contributed by atoms with van der Waals surface area (Å²) in [5, 5.41) is 15.5. The second-order valence-corrected chi connectivity index (χ2v) is 6.04. The molecule has 0 aliphatic carbocycles. The zero-order valence-corrected chi connectivity index (χ0v) is 13.4. The van der Waals surface area contributed by atoms with E-state index < -0.39 is 17.4 Å². The maximum Gasteiger partial charge on any atom is 0.313 e. The number of benzene rings is 1. The number of amides is 2. The van der Waals surface area contributed by atoms with E-state index in [1.54, 1.807) is 32.0 Å². The summed E-state index contributed by atoms with van der Waals surface area (Å²) in [5.41, 5.74) is 0.222. The average Bonchev–Trinajstić information content (AvgIpc) is 2.39. The van der Waals surface area contributed by atoms with Gasteiger partial charge in [-0.2, -0.15) is 0 Å². The summed E-state index contributed by atoms with van der Waals surface area (Å²) in [7, 11) is 0. The fourth-order valence-electron chi connectivity index (χ4n) is 1.49. The van der Waals surface area contributed by atoms with Crippen molar-refractivity contribution in [2.24, 2.45) is 5.92 Å². The Labute approximate surface area is 129 Å². The zero-order valence-electron chi connectivity index (χ0n) is 12.7. The quantitative estimate of drug-likeness (QED) is 0.745. The van der Waals surface area contributed by atoms with Gasteiger partial charge < -0.3 is 15.7 Å². The van der Waals surface area contributed by atoms with E-state index in [4.69, 9.17) is 11.6 Å². The first-order valence-electron chi connectivity index (χ1n) is 6.71. The van der Waals surface area contributed by atoms with Crippen LogP contribution in [0.1, 0.15) is 26.3 Å². The minimum atomic E-state index is -1.06. The molecule has 0 spiro atoms. The smallest absolute Gasteiger partial charge is 0.313 e. The molecule has 0 bridgehead atoms. The van der Waals surface area contributed by atoms with Crippen molar-refractivity contribution in [1.29, 1.82) is 0 Å². The van der Waals surface area contributed by atoms with Gasteiger partial charge in [0.1, 0.15) is 0 Å². The Morgan fingerprint density at radius 3 is 2.48 bits per heavy atom. The molecule has 0 heterocycles. The van der Waals surface area contributed by atoms with E-state index in [9.17, 15) is 14.7 Å². The molecule has 0 aliphatic heterocycles. The fraction of sp³-hybridized carbons (Fsp3) is 0.467. The molecule has 0 radical (unpaired) electrons. The molecule has 0 saturated heterocycles. The number of anilines is 1. The predicted molar refractivity (Wildman–Crippen MR) is 83.3 cm³/mol. The lowest BCUT2D eigenvalue weighted by atomic mass is 9.92. The van der Waals surface area contributed by atoms with Crippen molar-refractivity contribution in [3.05, 3.63) is 28.8 Å². The van der Waals surface area contributed by atoms with Crippen molar-refractivity contribution in [2.45, 2.75) is 33.3 Å². The van der Waals surface area contributed by atoms with Gasteiger partial charge >= 0.3 is 11.8 Å². The van der Waals surface area contributed by atoms with Gasteiger partial charge in [-0.1, -0.05) is 25.4 Å². The van der Waals surface area contributed by atoms with E-state index in [0.29, 0.717) is 10.7 Å². The predicted octanol–water partition coefficient (Wildman–Crippen LogP) is 2.11. The zero-order chi connectivity index (χ0) is 16.2. The molecular weight excluding hydrogens is 292 g/mol. The van der Waals surface area contributed by atoms with Gasteiger partial charge in [0.05, 0.1) is 5.60 Å². The van der Waals surface area contributed by atoms with Gasteiger partial charge in [-0.3, -0.25) is 9.59 Å². The first-order chi connectivity index (χ1) is 9.63. The average molecular weight is 313 g/mol. The number of rotatable bonds is 4. The van der Waals surface area contributed by atoms with Gasteiger partial charge in [0, 0.05) is 17.3 Å². The number of carbonyl (C=O) groups excluding carboxylic acids is 2. The molecule has 6 heteroatoms. The summed E-state index contributed by atoms with van der Waals surface area (Å²) in [6.45, 7) is 7.07. The van der Waals surface area contributed by atoms with Crippen molar-refractivity contribution in [3.8, 4) is 0 Å². The van der Waals surface area contributed by atoms with Crippen LogP contribution < -0.4 is 10.6 Å². The molecule has 1 aromatic carbocycles. The van der Waals surface area contributed by atoms with Gasteiger partial charge in [0.2, 0.25) is 0 Å². The van der Waals surface area contributed by atoms with Crippen LogP contribution in [0, 0.1) is 12.8 Å². The number of aryl methyl sites for hydroxylation is 1. The van der Waals surface area contributed by atoms with E-state index in [1.807, 2.05) is 13.8 Å². The highest BCUT2D eigenvalue weighted by Gasteiger charge is 2.26. The van der Waals surface area contributed by atoms with Crippen molar-refractivity contribution in [3.63, 3.8) is 0 Å². The maximum atomic E-state index is 11.8. The van der Waals surface area contributed by atoms with E-state index in [1.165, 1.54) is 0 Å². The molecular formula is C15H21ClN2O3. The maximum absolute atomic E-state index is 11.8. The molecule has 1 atom stereocenters. The Hall–Kier alpha value is -1.59. The third-order valence-corrected chi connectivity index (χ3v) is 3.73. The molecule has 0 fully saturated rings. The monoisotopic (exact) mass is 312 g/mol. The van der Waals surface area contributed by atoms with Crippen molar-refractivity contribution < 1.29 is 14.7 Å². The van der Waals surface area contributed by atoms with Crippen LogP contribution in [0.15, 0.2) is 18.2 Å². The van der Waals surface area contributed by atoms with E-state index >= 15 is 0 Å². The number of aliphatic hydroxyl groups is 1. The largest absolute Gasteiger partial charge is 0.388 e. The SMILES string of the molecule is Cc1cc(Cl)ccc1NC(=O)C(=O)NCC(C)(O)C(C)C. The molecule has 21 heavy (non-hydrogen) atoms. The summed E-state index contributed by atoms with van der Waals surface area (Å²) < 4.78 is 0. The molecule has 2 amide bonds. The van der Waals surface area contributed by atoms with Crippen LogP contribution in [-0.4, -0.2) is 29.1 Å². The van der Waals surface area contributed by atoms with Crippen LogP contribution in [0.3, 0.4) is 0 Å². The molecule has 0 saturated carbocycles. The highest BCUT2D eigenvalue weighted by Crippen LogP contribution is 2.19. The highest BCUT2D eigenvalue weighted by molar-refractivity contribution is 6.39. The summed E-state index contributed by atoms with van der Waals surface area (Å²) >= 11 is 5.83. The topological polar surface area (TPSA) is 78.4 Å². The minimum Gasteiger partial charge on any atom is -0.388 e. The molecule has 1 unspecified atom stereocenters. The molecule has 1 rings (SSSR count). The van der Waals surface area contributed by atoms with Crippen LogP contribution in [0.5, 0.6) is 0 Å². The minimum absolute atomic E-state index is 0.0104. The van der Waals surface area contributed by atoms with Gasteiger partial charge in [-0.05, 0) is 43.5 Å². The van der Waals surface area contributed by atoms with Gasteiger partial charge in [0.15, 0.2) is 0 Å². The Bertz CT molecular complexity index is 542. The number of carbonyl (C=O) groups is 2. The first kappa shape index (κ1) is 17.5. The summed E-state index contributed by atoms with van der Waals surface area (Å²) in [6, 6.07) is 4.96. The van der Waals surface area contributed by atoms with Gasteiger partial charge in [-0.15, -0.1) is 0 Å². The lowest BCUT2D eigenvalue weighted by Crippen LogP contribution is -2.47. The molecule has 3 N–H and O–H groups in total. The normalized spacial score (nSPS) is 13.7. The Morgan fingerprint density at radius 1 is 1.33 bits per heavy atom. The van der Waals surface area contributed by atoms with E-state index in [-0.39, 0.29) is 12.5 Å². The lowest BCUT2D eigenvalue weighted by molar-refractivity contribution is -0.137. The Balaban J connectivity index is 2.61. The van der Waals surface area contributed by atoms with E-state index in [0.717, 1.165) is 5.56 Å². The molecule has 5 nitrogen and oxygen atoms in total. The Morgan fingerprint density at radius 2 is 1.95 bits per heavy atom. The molecule has 0 aliphatic rings. The Kier molecular flexibility index (Phi) is 5.75. The first-order valence-corrected chi connectivity index (χ1v) is 7.09. The summed E-state index contributed by atoms with van der Waals surface area (Å²) in [5.74, 6) is -1.61. The third kappa shape index (κ3) is 5.02. The van der Waals surface area contributed by atoms with Crippen LogP contribution in [0.2, 0.25) is 5.02 Å². The number of hydrogen-bond donors (Lipinski definition) is 3. The van der Waals surface area contributed by atoms with Crippen LogP contribution in [0.25, 0.3) is 0 Å². The second kappa shape index (κ2) is 6.91. The highest BCUT2D eigenvalue weighted by atomic mass is 35.5. The fourth-order valence-corrected chi connectivity index (χ4v) is 1.72. The number of halogens is 1. The lowest BCUT2D eigenvalue weighted by Gasteiger charge is -2.27. The number of nitrogens with one attached hydrogen (secondary N) is 2. The summed E-state index contributed by atoms with van der Waals surface area (Å²) in [6.07, 6.45) is 0. The standard InChI is InChI=1S/C15H21ClN2O3/c1-9(2)15(4,21)8-17-13(19)14(20)18-12-6-5-11(16)7-10(12)3/h5-7,9,21H,8H2,1-4H3,(H,17,19)(H,18,20). The van der Waals surface area contributed by atoms with Crippen molar-refractivity contribution in [2.75, 3.05) is 11.9 Å². The molecule has 116 valence electrons. The molecule has 0 aromatic heterocycles. The van der Waals surface area contributed by atoms with Crippen LogP contribution in [-0.2, 0) is 9.59 Å². The van der Waals surface area contributed by atoms with Crippen LogP contribution in [0.4, 0.5) is 5.69 Å². The second-order valence-electron chi connectivity index (χ2n) is 5.61. The van der Waals surface area contributed by atoms with E-state index in [2.05, 4.69) is 10.6 Å². The summed E-state index contributed by atoms with van der Waals surface area (Å²) in [4.78, 5) is 23.5. The number of hydrogen-bond acceptors (Lipinski definition) is 3. The van der Waals surface area contributed by atoms with Gasteiger partial charge in [-0.25, -0.2) is 0 Å². The van der Waals surface area contributed by atoms with Crippen molar-refractivity contribution in [1.82, 2.24) is 5.32 Å².